The van der Waals surface area contributed by atoms with E-state index in [1.807, 2.05) is 34.1 Å². The molecule has 0 unspecified atom stereocenters. The first-order valence-electron chi connectivity index (χ1n) is 5.54. The van der Waals surface area contributed by atoms with Crippen molar-refractivity contribution in [2.45, 2.75) is 13.8 Å². The van der Waals surface area contributed by atoms with Gasteiger partial charge in [-0.05, 0) is 26.1 Å². The minimum absolute atomic E-state index is 0.530. The van der Waals surface area contributed by atoms with Gasteiger partial charge in [0, 0.05) is 20.3 Å². The number of aryl methyl sites for hydroxylation is 3. The minimum Gasteiger partial charge on any atom is -0.330 e. The highest BCUT2D eigenvalue weighted by Gasteiger charge is 2.08. The van der Waals surface area contributed by atoms with Crippen LogP contribution in [0.5, 0.6) is 0 Å². The summed E-state index contributed by atoms with van der Waals surface area (Å²) in [6.45, 7) is 3.91. The highest BCUT2D eigenvalue weighted by molar-refractivity contribution is 7.80. The number of hydrogen-bond donors (Lipinski definition) is 2. The first-order chi connectivity index (χ1) is 8.47. The van der Waals surface area contributed by atoms with E-state index in [-0.39, 0.29) is 0 Å². The highest BCUT2D eigenvalue weighted by atomic mass is 32.1. The average Bonchev–Trinajstić information content (AvgIpc) is 2.76. The molecule has 18 heavy (non-hydrogen) atoms. The van der Waals surface area contributed by atoms with Gasteiger partial charge in [0.1, 0.15) is 0 Å². The molecule has 6 nitrogen and oxygen atoms in total. The number of rotatable bonds is 2. The Morgan fingerprint density at radius 3 is 2.39 bits per heavy atom. The molecule has 0 aliphatic heterocycles. The van der Waals surface area contributed by atoms with Gasteiger partial charge in [-0.1, -0.05) is 0 Å². The van der Waals surface area contributed by atoms with Gasteiger partial charge in [0.25, 0.3) is 0 Å². The van der Waals surface area contributed by atoms with Gasteiger partial charge in [-0.15, -0.1) is 0 Å². The van der Waals surface area contributed by atoms with Crippen LogP contribution < -0.4 is 10.6 Å². The lowest BCUT2D eigenvalue weighted by Crippen LogP contribution is -2.19. The summed E-state index contributed by atoms with van der Waals surface area (Å²) < 4.78 is 3.54. The quantitative estimate of drug-likeness (QED) is 0.806. The topological polar surface area (TPSA) is 59.7 Å². The van der Waals surface area contributed by atoms with E-state index < -0.39 is 0 Å². The third kappa shape index (κ3) is 2.51. The van der Waals surface area contributed by atoms with Gasteiger partial charge in [0.05, 0.1) is 29.0 Å². The molecule has 0 atom stereocenters. The third-order valence-corrected chi connectivity index (χ3v) is 2.95. The Labute approximate surface area is 111 Å². The van der Waals surface area contributed by atoms with Crippen LogP contribution in [-0.2, 0) is 14.1 Å². The summed E-state index contributed by atoms with van der Waals surface area (Å²) in [5.41, 5.74) is 3.74. The van der Waals surface area contributed by atoms with E-state index in [4.69, 9.17) is 12.2 Å². The maximum atomic E-state index is 5.26. The van der Waals surface area contributed by atoms with Gasteiger partial charge in [-0.3, -0.25) is 9.36 Å². The molecule has 0 spiro atoms. The average molecular weight is 264 g/mol. The van der Waals surface area contributed by atoms with E-state index in [0.29, 0.717) is 5.11 Å². The minimum atomic E-state index is 0.530. The smallest absolute Gasteiger partial charge is 0.175 e. The monoisotopic (exact) mass is 264 g/mol. The molecule has 7 heteroatoms. The Balaban J connectivity index is 2.05. The molecule has 0 fully saturated rings. The van der Waals surface area contributed by atoms with Crippen molar-refractivity contribution in [2.75, 3.05) is 10.6 Å². The fourth-order valence-electron chi connectivity index (χ4n) is 1.62. The largest absolute Gasteiger partial charge is 0.330 e. The second-order valence-electron chi connectivity index (χ2n) is 4.15. The molecule has 2 aromatic rings. The van der Waals surface area contributed by atoms with Crippen LogP contribution in [0.4, 0.5) is 11.4 Å². The Morgan fingerprint density at radius 2 is 1.89 bits per heavy atom. The van der Waals surface area contributed by atoms with Crippen LogP contribution in [0.2, 0.25) is 0 Å². The fourth-order valence-corrected chi connectivity index (χ4v) is 1.84. The lowest BCUT2D eigenvalue weighted by atomic mass is 10.4. The van der Waals surface area contributed by atoms with Crippen molar-refractivity contribution < 1.29 is 0 Å². The Morgan fingerprint density at radius 1 is 1.22 bits per heavy atom. The zero-order valence-electron chi connectivity index (χ0n) is 10.9. The molecule has 2 N–H and O–H groups in total. The molecule has 0 radical (unpaired) electrons. The van der Waals surface area contributed by atoms with Crippen LogP contribution in [0.25, 0.3) is 0 Å². The Hall–Kier alpha value is -1.89. The van der Waals surface area contributed by atoms with Crippen LogP contribution in [-0.4, -0.2) is 24.7 Å². The highest BCUT2D eigenvalue weighted by Crippen LogP contribution is 2.15. The molecule has 0 saturated carbocycles. The molecular formula is C11H16N6S. The van der Waals surface area contributed by atoms with Crippen LogP contribution in [0.15, 0.2) is 12.4 Å². The van der Waals surface area contributed by atoms with Crippen molar-refractivity contribution in [2.24, 2.45) is 14.1 Å². The van der Waals surface area contributed by atoms with Gasteiger partial charge >= 0.3 is 0 Å². The number of aromatic nitrogens is 4. The zero-order chi connectivity index (χ0) is 13.3. The first-order valence-corrected chi connectivity index (χ1v) is 5.95. The standard InChI is InChI=1S/C11H16N6S/c1-7-10(6-16(3)15-7)14-11(18)13-9-5-12-17(4)8(9)2/h5-6H,1-4H3,(H2,13,14,18). The van der Waals surface area contributed by atoms with E-state index >= 15 is 0 Å². The van der Waals surface area contributed by atoms with E-state index in [9.17, 15) is 0 Å². The second-order valence-corrected chi connectivity index (χ2v) is 4.56. The Bertz CT molecular complexity index is 576. The third-order valence-electron chi connectivity index (χ3n) is 2.75. The number of nitrogens with one attached hydrogen (secondary N) is 2. The second kappa shape index (κ2) is 4.77. The number of nitrogens with zero attached hydrogens (tertiary/aromatic N) is 4. The lowest BCUT2D eigenvalue weighted by molar-refractivity contribution is 0.740. The van der Waals surface area contributed by atoms with Crippen molar-refractivity contribution in [1.29, 1.82) is 0 Å². The summed E-state index contributed by atoms with van der Waals surface area (Å²) >= 11 is 5.26. The molecule has 96 valence electrons. The van der Waals surface area contributed by atoms with Crippen LogP contribution >= 0.6 is 12.2 Å². The van der Waals surface area contributed by atoms with Gasteiger partial charge < -0.3 is 10.6 Å². The molecule has 2 heterocycles. The van der Waals surface area contributed by atoms with Crippen molar-refractivity contribution in [3.8, 4) is 0 Å². The summed E-state index contributed by atoms with van der Waals surface area (Å²) in [5, 5.41) is 15.2. The van der Waals surface area contributed by atoms with Crippen LogP contribution in [0.1, 0.15) is 11.4 Å². The van der Waals surface area contributed by atoms with E-state index in [1.165, 1.54) is 0 Å². The number of anilines is 2. The molecule has 0 saturated heterocycles. The molecule has 0 amide bonds. The van der Waals surface area contributed by atoms with Crippen molar-refractivity contribution in [3.05, 3.63) is 23.8 Å². The molecule has 0 bridgehead atoms. The van der Waals surface area contributed by atoms with E-state index in [2.05, 4.69) is 20.8 Å². The maximum absolute atomic E-state index is 5.26. The van der Waals surface area contributed by atoms with Gasteiger partial charge in [-0.25, -0.2) is 0 Å². The molecule has 0 aromatic carbocycles. The van der Waals surface area contributed by atoms with Crippen molar-refractivity contribution in [1.82, 2.24) is 19.6 Å². The molecular weight excluding hydrogens is 248 g/mol. The van der Waals surface area contributed by atoms with Crippen molar-refractivity contribution in [3.63, 3.8) is 0 Å². The normalized spacial score (nSPS) is 10.4. The summed E-state index contributed by atoms with van der Waals surface area (Å²) in [6.07, 6.45) is 3.64. The van der Waals surface area contributed by atoms with Crippen molar-refractivity contribution >= 4 is 28.7 Å². The van der Waals surface area contributed by atoms with E-state index in [0.717, 1.165) is 22.8 Å². The molecule has 0 aliphatic carbocycles. The maximum Gasteiger partial charge on any atom is 0.175 e. The summed E-state index contributed by atoms with van der Waals surface area (Å²) in [5.74, 6) is 0. The number of thiocarbonyl (C=S) groups is 1. The lowest BCUT2D eigenvalue weighted by Gasteiger charge is -2.08. The zero-order valence-corrected chi connectivity index (χ0v) is 11.7. The van der Waals surface area contributed by atoms with Gasteiger partial charge in [0.15, 0.2) is 5.11 Å². The van der Waals surface area contributed by atoms with Gasteiger partial charge in [-0.2, -0.15) is 10.2 Å². The predicted molar refractivity (Wildman–Crippen MR) is 75.7 cm³/mol. The SMILES string of the molecule is Cc1nn(C)cc1NC(=S)Nc1cnn(C)c1C. The molecule has 2 aromatic heterocycles. The van der Waals surface area contributed by atoms with Crippen LogP contribution in [0.3, 0.4) is 0 Å². The molecule has 2 rings (SSSR count). The molecule has 0 aliphatic rings. The summed E-state index contributed by atoms with van der Waals surface area (Å²) in [4.78, 5) is 0. The van der Waals surface area contributed by atoms with E-state index in [1.54, 1.807) is 15.6 Å². The number of hydrogen-bond acceptors (Lipinski definition) is 3. The van der Waals surface area contributed by atoms with Crippen LogP contribution in [0, 0.1) is 13.8 Å². The van der Waals surface area contributed by atoms with Gasteiger partial charge in [0.2, 0.25) is 0 Å². The fraction of sp³-hybridized carbons (Fsp3) is 0.364. The predicted octanol–water partition coefficient (Wildman–Crippen LogP) is 1.58. The summed E-state index contributed by atoms with van der Waals surface area (Å²) in [7, 11) is 3.77. The summed E-state index contributed by atoms with van der Waals surface area (Å²) in [6, 6.07) is 0. The Kier molecular flexibility index (Phi) is 3.33. The first kappa shape index (κ1) is 12.6.